The van der Waals surface area contributed by atoms with Gasteiger partial charge in [0.15, 0.2) is 0 Å². The lowest BCUT2D eigenvalue weighted by Gasteiger charge is -2.12. The highest BCUT2D eigenvalue weighted by molar-refractivity contribution is 5.95. The second kappa shape index (κ2) is 21.1. The van der Waals surface area contributed by atoms with Crippen LogP contribution >= 0.6 is 0 Å². The Kier molecular flexibility index (Phi) is 17.7. The first-order chi connectivity index (χ1) is 15.8. The molecule has 0 aliphatic carbocycles. The fourth-order valence-electron chi connectivity index (χ4n) is 2.19. The molecular weight excluding hydrogens is 412 g/mol. The van der Waals surface area contributed by atoms with Crippen LogP contribution in [0.2, 0.25) is 0 Å². The van der Waals surface area contributed by atoms with Gasteiger partial charge in [-0.05, 0) is 0 Å². The fourth-order valence-corrected chi connectivity index (χ4v) is 2.19. The quantitative estimate of drug-likeness (QED) is 0.266. The van der Waals surface area contributed by atoms with Crippen LogP contribution in [0.4, 0.5) is 9.59 Å². The standard InChI is InChI=1S/C8H20N4.C6H6.C3H5N3O2.C3H3N3/c1-2-10-5-6-12-8-7-11-4-3-9-1;1-2-4-6-5-3-1;7-2-4-1-5-3(8)6-2;1-4-2-6-3-5-1/h9-12H,1-8H2;1-6H;1H2,(H3,4,5,6,7,8);1-3H. The first-order valence-corrected chi connectivity index (χ1v) is 10.5. The van der Waals surface area contributed by atoms with Gasteiger partial charge in [-0.25, -0.2) is 24.5 Å². The van der Waals surface area contributed by atoms with Gasteiger partial charge in [0.1, 0.15) is 19.0 Å². The molecule has 2 saturated heterocycles. The summed E-state index contributed by atoms with van der Waals surface area (Å²) < 4.78 is 0. The summed E-state index contributed by atoms with van der Waals surface area (Å²) in [6, 6.07) is 11.1. The van der Waals surface area contributed by atoms with Crippen LogP contribution in [0, 0.1) is 0 Å². The van der Waals surface area contributed by atoms with Crippen molar-refractivity contribution in [3.63, 3.8) is 0 Å². The maximum atomic E-state index is 10.2. The first-order valence-electron chi connectivity index (χ1n) is 10.5. The molecule has 2 fully saturated rings. The summed E-state index contributed by atoms with van der Waals surface area (Å²) in [6.45, 7) is 8.78. The van der Waals surface area contributed by atoms with Gasteiger partial charge in [-0.2, -0.15) is 0 Å². The summed E-state index contributed by atoms with van der Waals surface area (Å²) in [5.41, 5.74) is 0. The molecule has 32 heavy (non-hydrogen) atoms. The van der Waals surface area contributed by atoms with Crippen molar-refractivity contribution in [2.24, 2.45) is 0 Å². The van der Waals surface area contributed by atoms with E-state index >= 15 is 0 Å². The van der Waals surface area contributed by atoms with Gasteiger partial charge in [-0.1, -0.05) is 36.4 Å². The summed E-state index contributed by atoms with van der Waals surface area (Å²) >= 11 is 0. The Morgan fingerprint density at radius 1 is 0.500 bits per heavy atom. The predicted molar refractivity (Wildman–Crippen MR) is 123 cm³/mol. The summed E-state index contributed by atoms with van der Waals surface area (Å²) in [4.78, 5) is 31.1. The lowest BCUT2D eigenvalue weighted by atomic mass is 10.4. The zero-order valence-corrected chi connectivity index (χ0v) is 18.2. The van der Waals surface area contributed by atoms with Gasteiger partial charge < -0.3 is 31.9 Å². The molecule has 2 aliphatic rings. The molecule has 2 aliphatic heterocycles. The molecule has 7 N–H and O–H groups in total. The van der Waals surface area contributed by atoms with E-state index in [-0.39, 0.29) is 6.67 Å². The maximum absolute atomic E-state index is 10.2. The van der Waals surface area contributed by atoms with Crippen molar-refractivity contribution in [2.45, 2.75) is 0 Å². The van der Waals surface area contributed by atoms with E-state index in [1.54, 1.807) is 0 Å². The Balaban J connectivity index is 0.000000223. The van der Waals surface area contributed by atoms with E-state index in [4.69, 9.17) is 0 Å². The number of rotatable bonds is 0. The van der Waals surface area contributed by atoms with Crippen LogP contribution in [-0.2, 0) is 0 Å². The Labute approximate surface area is 188 Å². The highest BCUT2D eigenvalue weighted by Crippen LogP contribution is 1.80. The summed E-state index contributed by atoms with van der Waals surface area (Å²) in [6.07, 6.45) is 4.31. The number of hydrogen-bond donors (Lipinski definition) is 7. The number of carbonyl (C=O) groups excluding carboxylic acids is 2. The highest BCUT2D eigenvalue weighted by Gasteiger charge is 2.10. The minimum atomic E-state index is -0.450. The van der Waals surface area contributed by atoms with Gasteiger partial charge in [0, 0.05) is 52.4 Å². The fraction of sp³-hybridized carbons (Fsp3) is 0.450. The molecular formula is C20H34N10O2. The molecule has 3 heterocycles. The Morgan fingerprint density at radius 2 is 0.781 bits per heavy atom. The van der Waals surface area contributed by atoms with Crippen LogP contribution in [0.3, 0.4) is 0 Å². The van der Waals surface area contributed by atoms with E-state index < -0.39 is 12.1 Å². The minimum absolute atomic E-state index is 0.213. The zero-order chi connectivity index (χ0) is 23.0. The monoisotopic (exact) mass is 446 g/mol. The van der Waals surface area contributed by atoms with Crippen LogP contribution in [0.5, 0.6) is 0 Å². The van der Waals surface area contributed by atoms with E-state index in [1.807, 2.05) is 41.7 Å². The molecule has 0 spiro atoms. The van der Waals surface area contributed by atoms with Gasteiger partial charge >= 0.3 is 12.1 Å². The third-order valence-electron chi connectivity index (χ3n) is 3.71. The van der Waals surface area contributed by atoms with Crippen LogP contribution < -0.4 is 37.2 Å². The number of benzene rings is 1. The molecule has 12 nitrogen and oxygen atoms in total. The van der Waals surface area contributed by atoms with Crippen molar-refractivity contribution in [3.05, 3.63) is 55.4 Å². The Bertz CT molecular complexity index is 537. The molecule has 0 saturated carbocycles. The lowest BCUT2D eigenvalue weighted by Crippen LogP contribution is -2.55. The molecule has 0 unspecified atom stereocenters. The molecule has 12 heteroatoms. The number of imide groups is 1. The van der Waals surface area contributed by atoms with Gasteiger partial charge in [-0.15, -0.1) is 0 Å². The molecule has 176 valence electrons. The average Bonchev–Trinajstić information content (AvgIpc) is 2.83. The molecule has 0 radical (unpaired) electrons. The second-order valence-corrected chi connectivity index (χ2v) is 6.26. The maximum Gasteiger partial charge on any atom is 0.324 e. The van der Waals surface area contributed by atoms with Crippen LogP contribution in [0.15, 0.2) is 55.4 Å². The zero-order valence-electron chi connectivity index (χ0n) is 18.2. The van der Waals surface area contributed by atoms with Gasteiger partial charge in [-0.3, -0.25) is 5.32 Å². The predicted octanol–water partition coefficient (Wildman–Crippen LogP) is -1.12. The van der Waals surface area contributed by atoms with E-state index in [0.29, 0.717) is 0 Å². The number of nitrogens with one attached hydrogen (secondary N) is 7. The topological polar surface area (TPSA) is 157 Å². The normalized spacial score (nSPS) is 16.6. The third kappa shape index (κ3) is 18.8. The smallest absolute Gasteiger partial charge is 0.320 e. The Morgan fingerprint density at radius 3 is 0.969 bits per heavy atom. The number of carbonyl (C=O) groups is 2. The molecule has 0 atom stereocenters. The number of hydrogen-bond acceptors (Lipinski definition) is 9. The molecule has 2 aromatic rings. The van der Waals surface area contributed by atoms with E-state index in [0.717, 1.165) is 52.4 Å². The highest BCUT2D eigenvalue weighted by atomic mass is 16.2. The van der Waals surface area contributed by atoms with Crippen molar-refractivity contribution in [2.75, 3.05) is 59.0 Å². The van der Waals surface area contributed by atoms with Crippen molar-refractivity contribution in [3.8, 4) is 0 Å². The van der Waals surface area contributed by atoms with Crippen molar-refractivity contribution >= 4 is 12.1 Å². The largest absolute Gasteiger partial charge is 0.324 e. The van der Waals surface area contributed by atoms with E-state index in [9.17, 15) is 9.59 Å². The van der Waals surface area contributed by atoms with Crippen LogP contribution in [0.25, 0.3) is 0 Å². The van der Waals surface area contributed by atoms with Crippen molar-refractivity contribution in [1.29, 1.82) is 0 Å². The molecule has 4 rings (SSSR count). The van der Waals surface area contributed by atoms with Gasteiger partial charge in [0.2, 0.25) is 0 Å². The molecule has 4 amide bonds. The molecule has 0 bridgehead atoms. The molecule has 1 aromatic carbocycles. The lowest BCUT2D eigenvalue weighted by molar-refractivity contribution is 0.219. The molecule has 1 aromatic heterocycles. The summed E-state index contributed by atoms with van der Waals surface area (Å²) in [5, 5.41) is 20.1. The SMILES string of the molecule is C1CNCCNCCNCCN1.O=C1NCNC(=O)N1.c1ccccc1.c1ncncn1. The van der Waals surface area contributed by atoms with Crippen LogP contribution in [-0.4, -0.2) is 86.0 Å². The number of aromatic nitrogens is 3. The van der Waals surface area contributed by atoms with E-state index in [2.05, 4.69) is 46.9 Å². The second-order valence-electron chi connectivity index (χ2n) is 6.26. The third-order valence-corrected chi connectivity index (χ3v) is 3.71. The van der Waals surface area contributed by atoms with Gasteiger partial charge in [0.05, 0.1) is 6.67 Å². The first kappa shape index (κ1) is 26.8. The Hall–Kier alpha value is -3.19. The average molecular weight is 447 g/mol. The summed E-state index contributed by atoms with van der Waals surface area (Å²) in [5.74, 6) is 0. The summed E-state index contributed by atoms with van der Waals surface area (Å²) in [7, 11) is 0. The van der Waals surface area contributed by atoms with Crippen molar-refractivity contribution in [1.82, 2.24) is 52.2 Å². The number of nitrogens with zero attached hydrogens (tertiary/aromatic N) is 3. The minimum Gasteiger partial charge on any atom is -0.320 e. The van der Waals surface area contributed by atoms with Crippen LogP contribution in [0.1, 0.15) is 0 Å². The van der Waals surface area contributed by atoms with Crippen molar-refractivity contribution < 1.29 is 9.59 Å². The van der Waals surface area contributed by atoms with Gasteiger partial charge in [0.25, 0.3) is 0 Å². The van der Waals surface area contributed by atoms with E-state index in [1.165, 1.54) is 19.0 Å². The number of amides is 4. The number of urea groups is 2.